The van der Waals surface area contributed by atoms with Crippen molar-refractivity contribution in [3.63, 3.8) is 0 Å². The summed E-state index contributed by atoms with van der Waals surface area (Å²) in [7, 11) is 0. The van der Waals surface area contributed by atoms with Crippen molar-refractivity contribution in [2.24, 2.45) is 0 Å². The Hall–Kier alpha value is -2.98. The lowest BCUT2D eigenvalue weighted by Crippen LogP contribution is -2.39. The average Bonchev–Trinajstić information content (AvgIpc) is 2.78. The molecule has 0 radical (unpaired) electrons. The highest BCUT2D eigenvalue weighted by atomic mass is 32.1. The van der Waals surface area contributed by atoms with E-state index in [0.29, 0.717) is 16.2 Å². The zero-order valence-corrected chi connectivity index (χ0v) is 21.9. The van der Waals surface area contributed by atoms with Crippen LogP contribution in [0.5, 0.6) is 0 Å². The van der Waals surface area contributed by atoms with Gasteiger partial charge in [-0.2, -0.15) is 0 Å². The zero-order chi connectivity index (χ0) is 24.9. The van der Waals surface area contributed by atoms with Crippen molar-refractivity contribution in [1.82, 2.24) is 5.32 Å². The molecule has 1 atom stereocenters. The summed E-state index contributed by atoms with van der Waals surface area (Å²) in [6.45, 7) is 13.1. The number of carbonyl (C=O) groups excluding carboxylic acids is 1. The smallest absolute Gasteiger partial charge is 0.193 e. The number of carbonyl (C=O) groups is 1. The van der Waals surface area contributed by atoms with Gasteiger partial charge in [0.05, 0.1) is 0 Å². The molecule has 0 bridgehead atoms. The fourth-order valence-electron chi connectivity index (χ4n) is 4.24. The zero-order valence-electron chi connectivity index (χ0n) is 21.1. The molecule has 0 aliphatic heterocycles. The van der Waals surface area contributed by atoms with E-state index in [1.165, 1.54) is 11.1 Å². The first-order valence-corrected chi connectivity index (χ1v) is 12.2. The van der Waals surface area contributed by atoms with E-state index in [9.17, 15) is 4.79 Å². The van der Waals surface area contributed by atoms with E-state index in [0.717, 1.165) is 12.1 Å². The van der Waals surface area contributed by atoms with E-state index >= 15 is 0 Å². The lowest BCUT2D eigenvalue weighted by atomic mass is 9.79. The maximum Gasteiger partial charge on any atom is 0.193 e. The van der Waals surface area contributed by atoms with Crippen LogP contribution in [0.25, 0.3) is 0 Å². The van der Waals surface area contributed by atoms with Crippen LogP contribution in [0.3, 0.4) is 0 Å². The monoisotopic (exact) mass is 472 g/mol. The molecule has 0 saturated heterocycles. The van der Waals surface area contributed by atoms with Crippen LogP contribution >= 0.6 is 12.2 Å². The van der Waals surface area contributed by atoms with Crippen LogP contribution in [-0.4, -0.2) is 16.9 Å². The summed E-state index contributed by atoms with van der Waals surface area (Å²) >= 11 is 5.56. The van der Waals surface area contributed by atoms with E-state index < -0.39 is 0 Å². The van der Waals surface area contributed by atoms with Gasteiger partial charge in [0, 0.05) is 22.9 Å². The first-order chi connectivity index (χ1) is 16.0. The third kappa shape index (κ3) is 6.77. The minimum absolute atomic E-state index is 0.000894. The van der Waals surface area contributed by atoms with Gasteiger partial charge < -0.3 is 10.6 Å². The summed E-state index contributed by atoms with van der Waals surface area (Å²) in [6, 6.07) is 26.1. The highest BCUT2D eigenvalue weighted by Crippen LogP contribution is 2.28. The maximum absolute atomic E-state index is 13.0. The Kier molecular flexibility index (Phi) is 7.93. The van der Waals surface area contributed by atoms with Gasteiger partial charge >= 0.3 is 0 Å². The number of hydrogen-bond acceptors (Lipinski definition) is 2. The molecule has 0 heterocycles. The van der Waals surface area contributed by atoms with Gasteiger partial charge in [0.2, 0.25) is 0 Å². The molecule has 0 aliphatic rings. The first kappa shape index (κ1) is 25.6. The Morgan fingerprint density at radius 2 is 1.47 bits per heavy atom. The quantitative estimate of drug-likeness (QED) is 0.280. The van der Waals surface area contributed by atoms with Crippen molar-refractivity contribution >= 4 is 28.8 Å². The Morgan fingerprint density at radius 3 is 2.09 bits per heavy atom. The van der Waals surface area contributed by atoms with Crippen molar-refractivity contribution in [3.05, 3.63) is 101 Å². The lowest BCUT2D eigenvalue weighted by molar-refractivity contribution is 0.103. The average molecular weight is 473 g/mol. The Balaban J connectivity index is 1.62. The largest absolute Gasteiger partial charge is 0.360 e. The molecule has 0 unspecified atom stereocenters. The van der Waals surface area contributed by atoms with Crippen LogP contribution in [-0.2, 0) is 10.8 Å². The highest BCUT2D eigenvalue weighted by Gasteiger charge is 2.23. The number of ketones is 1. The Bertz CT molecular complexity index is 1130. The second-order valence-corrected chi connectivity index (χ2v) is 11.1. The topological polar surface area (TPSA) is 41.1 Å². The van der Waals surface area contributed by atoms with E-state index in [2.05, 4.69) is 76.4 Å². The van der Waals surface area contributed by atoms with E-state index in [1.807, 2.05) is 54.6 Å². The van der Waals surface area contributed by atoms with Crippen LogP contribution in [0.2, 0.25) is 0 Å². The van der Waals surface area contributed by atoms with Crippen molar-refractivity contribution in [2.75, 3.05) is 5.32 Å². The Labute approximate surface area is 210 Å². The van der Waals surface area contributed by atoms with Crippen LogP contribution in [0.4, 0.5) is 5.69 Å². The molecule has 0 amide bonds. The van der Waals surface area contributed by atoms with Crippen LogP contribution in [0, 0.1) is 0 Å². The van der Waals surface area contributed by atoms with Crippen molar-refractivity contribution in [1.29, 1.82) is 0 Å². The van der Waals surface area contributed by atoms with E-state index in [-0.39, 0.29) is 22.7 Å². The molecule has 178 valence electrons. The van der Waals surface area contributed by atoms with Crippen LogP contribution in [0.1, 0.15) is 75.0 Å². The summed E-state index contributed by atoms with van der Waals surface area (Å²) in [5.41, 5.74) is 4.71. The molecule has 3 nitrogen and oxygen atoms in total. The fraction of sp³-hybridized carbons (Fsp3) is 0.333. The van der Waals surface area contributed by atoms with Gasteiger partial charge in [-0.1, -0.05) is 101 Å². The predicted molar refractivity (Wildman–Crippen MR) is 148 cm³/mol. The van der Waals surface area contributed by atoms with Crippen molar-refractivity contribution in [2.45, 2.75) is 64.8 Å². The minimum Gasteiger partial charge on any atom is -0.360 e. The van der Waals surface area contributed by atoms with Gasteiger partial charge in [-0.3, -0.25) is 4.79 Å². The van der Waals surface area contributed by atoms with Gasteiger partial charge in [0.15, 0.2) is 10.9 Å². The Morgan fingerprint density at radius 1 is 0.824 bits per heavy atom. The standard InChI is InChI=1S/C30H36N2OS/c1-21(20-30(5,6)25-12-8-7-9-13-25)31-28(34)32-26-14-10-11-23(19-26)27(33)22-15-17-24(18-16-22)29(2,3)4/h7-19,21H,20H2,1-6H3,(H2,31,32,34)/t21-/m0/s1. The molecule has 0 fully saturated rings. The number of benzene rings is 3. The number of thiocarbonyl (C=S) groups is 1. The molecule has 0 spiro atoms. The highest BCUT2D eigenvalue weighted by molar-refractivity contribution is 7.80. The summed E-state index contributed by atoms with van der Waals surface area (Å²) in [5.74, 6) is 0.000894. The molecule has 0 aromatic heterocycles. The molecule has 34 heavy (non-hydrogen) atoms. The minimum atomic E-state index is 0.000894. The fourth-order valence-corrected chi connectivity index (χ4v) is 4.56. The molecule has 0 aliphatic carbocycles. The number of rotatable bonds is 7. The molecular formula is C30H36N2OS. The van der Waals surface area contributed by atoms with Crippen LogP contribution in [0.15, 0.2) is 78.9 Å². The second kappa shape index (κ2) is 10.5. The first-order valence-electron chi connectivity index (χ1n) is 11.8. The van der Waals surface area contributed by atoms with Gasteiger partial charge in [-0.05, 0) is 59.7 Å². The van der Waals surface area contributed by atoms with E-state index in [1.54, 1.807) is 0 Å². The number of anilines is 1. The molecule has 2 N–H and O–H groups in total. The molecule has 0 saturated carbocycles. The summed E-state index contributed by atoms with van der Waals surface area (Å²) in [6.07, 6.45) is 0.932. The SMILES string of the molecule is C[C@@H](CC(C)(C)c1ccccc1)NC(=S)Nc1cccc(C(=O)c2ccc(C(C)(C)C)cc2)c1. The lowest BCUT2D eigenvalue weighted by Gasteiger charge is -2.29. The number of hydrogen-bond donors (Lipinski definition) is 2. The molecule has 3 rings (SSSR count). The van der Waals surface area contributed by atoms with E-state index in [4.69, 9.17) is 12.2 Å². The van der Waals surface area contributed by atoms with Gasteiger partial charge in [0.1, 0.15) is 0 Å². The van der Waals surface area contributed by atoms with Gasteiger partial charge in [-0.25, -0.2) is 0 Å². The molecule has 3 aromatic rings. The molecular weight excluding hydrogens is 436 g/mol. The van der Waals surface area contributed by atoms with Crippen molar-refractivity contribution in [3.8, 4) is 0 Å². The molecule has 3 aromatic carbocycles. The third-order valence-corrected chi connectivity index (χ3v) is 6.36. The predicted octanol–water partition coefficient (Wildman–Crippen LogP) is 7.26. The third-order valence-electron chi connectivity index (χ3n) is 6.14. The second-order valence-electron chi connectivity index (χ2n) is 10.7. The summed E-state index contributed by atoms with van der Waals surface area (Å²) in [4.78, 5) is 13.0. The van der Waals surface area contributed by atoms with Crippen LogP contribution < -0.4 is 10.6 Å². The van der Waals surface area contributed by atoms with Gasteiger partial charge in [-0.15, -0.1) is 0 Å². The number of nitrogens with one attached hydrogen (secondary N) is 2. The summed E-state index contributed by atoms with van der Waals surface area (Å²) in [5, 5.41) is 7.18. The van der Waals surface area contributed by atoms with Gasteiger partial charge in [0.25, 0.3) is 0 Å². The normalized spacial score (nSPS) is 12.6. The van der Waals surface area contributed by atoms with Crippen molar-refractivity contribution < 1.29 is 4.79 Å². The molecule has 4 heteroatoms. The summed E-state index contributed by atoms with van der Waals surface area (Å²) < 4.78 is 0. The maximum atomic E-state index is 13.0.